The molecule has 0 heterocycles. The number of rotatable bonds is 4. The lowest BCUT2D eigenvalue weighted by atomic mass is 9.98. The van der Waals surface area contributed by atoms with Crippen molar-refractivity contribution in [1.29, 1.82) is 0 Å². The summed E-state index contributed by atoms with van der Waals surface area (Å²) in [6, 6.07) is 9.89. The molecule has 0 aliphatic heterocycles. The van der Waals surface area contributed by atoms with E-state index in [0.29, 0.717) is 25.7 Å². The highest BCUT2D eigenvalue weighted by atomic mass is 35.5. The molecule has 0 saturated carbocycles. The van der Waals surface area contributed by atoms with E-state index in [0.717, 1.165) is 12.0 Å². The Morgan fingerprint density at radius 3 is 2.14 bits per heavy atom. The Kier molecular flexibility index (Phi) is 5.81. The molecular weight excluding hydrogens is 348 g/mol. The minimum Gasteiger partial charge on any atom is -0.313 e. The molecule has 1 atom stereocenters. The van der Waals surface area contributed by atoms with Crippen LogP contribution in [0.3, 0.4) is 0 Å². The van der Waals surface area contributed by atoms with Crippen LogP contribution in [0.15, 0.2) is 30.3 Å². The number of benzene rings is 2. The molecule has 2 rings (SSSR count). The van der Waals surface area contributed by atoms with Crippen molar-refractivity contribution in [3.05, 3.63) is 56.0 Å². The van der Waals surface area contributed by atoms with Gasteiger partial charge in [0, 0.05) is 11.6 Å². The maximum Gasteiger partial charge on any atom is 0.0686 e. The molecule has 0 aromatic heterocycles. The zero-order valence-corrected chi connectivity index (χ0v) is 14.7. The van der Waals surface area contributed by atoms with Crippen LogP contribution in [0.2, 0.25) is 20.1 Å². The fourth-order valence-electron chi connectivity index (χ4n) is 2.34. The fourth-order valence-corrected chi connectivity index (χ4v) is 3.37. The summed E-state index contributed by atoms with van der Waals surface area (Å²) in [7, 11) is 1.94. The Labute approximate surface area is 145 Å². The van der Waals surface area contributed by atoms with Crippen molar-refractivity contribution < 1.29 is 0 Å². The summed E-state index contributed by atoms with van der Waals surface area (Å²) < 4.78 is 0. The molecule has 0 aliphatic rings. The second-order valence-electron chi connectivity index (χ2n) is 4.72. The van der Waals surface area contributed by atoms with E-state index in [1.165, 1.54) is 5.56 Å². The highest BCUT2D eigenvalue weighted by Crippen LogP contribution is 2.43. The number of hydrogen-bond donors (Lipinski definition) is 1. The maximum atomic E-state index is 6.31. The van der Waals surface area contributed by atoms with E-state index < -0.39 is 0 Å². The second-order valence-corrected chi connectivity index (χ2v) is 6.29. The standard InChI is InChI=1S/C16H15Cl4N/c1-3-13(21-2)9-5-4-6-10(7-9)14-15(19)11(17)8-12(18)16(14)20/h4-8,13,21H,3H2,1-2H3. The van der Waals surface area contributed by atoms with E-state index in [9.17, 15) is 0 Å². The molecule has 0 fully saturated rings. The van der Waals surface area contributed by atoms with Crippen LogP contribution in [0.25, 0.3) is 11.1 Å². The van der Waals surface area contributed by atoms with Crippen LogP contribution >= 0.6 is 46.4 Å². The van der Waals surface area contributed by atoms with E-state index >= 15 is 0 Å². The van der Waals surface area contributed by atoms with Gasteiger partial charge in [0.25, 0.3) is 0 Å². The highest BCUT2D eigenvalue weighted by Gasteiger charge is 2.17. The van der Waals surface area contributed by atoms with E-state index in [4.69, 9.17) is 46.4 Å². The monoisotopic (exact) mass is 361 g/mol. The van der Waals surface area contributed by atoms with Gasteiger partial charge in [-0.1, -0.05) is 71.5 Å². The molecule has 2 aromatic carbocycles. The van der Waals surface area contributed by atoms with Gasteiger partial charge in [-0.05, 0) is 36.7 Å². The van der Waals surface area contributed by atoms with Gasteiger partial charge in [-0.2, -0.15) is 0 Å². The maximum absolute atomic E-state index is 6.31. The van der Waals surface area contributed by atoms with Crippen molar-refractivity contribution >= 4 is 46.4 Å². The van der Waals surface area contributed by atoms with Crippen molar-refractivity contribution in [2.75, 3.05) is 7.05 Å². The summed E-state index contributed by atoms with van der Waals surface area (Å²) in [6.45, 7) is 2.13. The lowest BCUT2D eigenvalue weighted by Gasteiger charge is -2.17. The minimum absolute atomic E-state index is 0.275. The first-order valence-corrected chi connectivity index (χ1v) is 8.11. The minimum atomic E-state index is 0.275. The van der Waals surface area contributed by atoms with E-state index in [-0.39, 0.29) is 6.04 Å². The van der Waals surface area contributed by atoms with Crippen molar-refractivity contribution in [2.45, 2.75) is 19.4 Å². The largest absolute Gasteiger partial charge is 0.313 e. The van der Waals surface area contributed by atoms with Crippen LogP contribution in [-0.4, -0.2) is 7.05 Å². The van der Waals surface area contributed by atoms with Crippen LogP contribution in [0.5, 0.6) is 0 Å². The molecule has 0 radical (unpaired) electrons. The molecule has 1 N–H and O–H groups in total. The fraction of sp³-hybridized carbons (Fsp3) is 0.250. The third kappa shape index (κ3) is 3.49. The van der Waals surface area contributed by atoms with Gasteiger partial charge in [0.15, 0.2) is 0 Å². The van der Waals surface area contributed by atoms with Crippen LogP contribution < -0.4 is 5.32 Å². The summed E-state index contributed by atoms with van der Waals surface area (Å²) in [5, 5.41) is 4.91. The Balaban J connectivity index is 2.60. The van der Waals surface area contributed by atoms with E-state index in [1.54, 1.807) is 6.07 Å². The van der Waals surface area contributed by atoms with Gasteiger partial charge < -0.3 is 5.32 Å². The summed E-state index contributed by atoms with van der Waals surface area (Å²) in [5.74, 6) is 0. The summed E-state index contributed by atoms with van der Waals surface area (Å²) in [5.41, 5.74) is 2.74. The van der Waals surface area contributed by atoms with E-state index in [1.807, 2.05) is 19.2 Å². The van der Waals surface area contributed by atoms with Crippen molar-refractivity contribution in [3.8, 4) is 11.1 Å². The summed E-state index contributed by atoms with van der Waals surface area (Å²) in [4.78, 5) is 0. The van der Waals surface area contributed by atoms with Crippen LogP contribution in [0.1, 0.15) is 24.9 Å². The second kappa shape index (κ2) is 7.21. The van der Waals surface area contributed by atoms with Crippen LogP contribution in [0, 0.1) is 0 Å². The smallest absolute Gasteiger partial charge is 0.0686 e. The van der Waals surface area contributed by atoms with E-state index in [2.05, 4.69) is 24.4 Å². The number of hydrogen-bond acceptors (Lipinski definition) is 1. The third-order valence-corrected chi connectivity index (χ3v) is 5.02. The molecule has 1 nitrogen and oxygen atoms in total. The molecule has 2 aromatic rings. The van der Waals surface area contributed by atoms with Gasteiger partial charge >= 0.3 is 0 Å². The summed E-state index contributed by atoms with van der Waals surface area (Å²) in [6.07, 6.45) is 0.984. The molecule has 0 saturated heterocycles. The number of nitrogens with one attached hydrogen (secondary N) is 1. The van der Waals surface area contributed by atoms with Gasteiger partial charge in [0.05, 0.1) is 20.1 Å². The Bertz CT molecular complexity index is 625. The lowest BCUT2D eigenvalue weighted by molar-refractivity contribution is 0.577. The Hall–Kier alpha value is -0.440. The average molecular weight is 363 g/mol. The molecule has 0 spiro atoms. The topological polar surface area (TPSA) is 12.0 Å². The first-order chi connectivity index (χ1) is 9.99. The normalized spacial score (nSPS) is 12.5. The van der Waals surface area contributed by atoms with Crippen molar-refractivity contribution in [2.24, 2.45) is 0 Å². The van der Waals surface area contributed by atoms with Crippen molar-refractivity contribution in [1.82, 2.24) is 5.32 Å². The molecule has 0 bridgehead atoms. The Morgan fingerprint density at radius 2 is 1.62 bits per heavy atom. The van der Waals surface area contributed by atoms with Crippen molar-refractivity contribution in [3.63, 3.8) is 0 Å². The molecule has 21 heavy (non-hydrogen) atoms. The van der Waals surface area contributed by atoms with Gasteiger partial charge in [0.2, 0.25) is 0 Å². The lowest BCUT2D eigenvalue weighted by Crippen LogP contribution is -2.15. The molecule has 112 valence electrons. The first kappa shape index (κ1) is 16.9. The molecule has 1 unspecified atom stereocenters. The summed E-state index contributed by atoms with van der Waals surface area (Å²) >= 11 is 24.8. The average Bonchev–Trinajstić information content (AvgIpc) is 2.47. The molecule has 0 aliphatic carbocycles. The highest BCUT2D eigenvalue weighted by molar-refractivity contribution is 6.50. The van der Waals surface area contributed by atoms with Gasteiger partial charge in [-0.3, -0.25) is 0 Å². The molecule has 0 amide bonds. The predicted molar refractivity (Wildman–Crippen MR) is 94.0 cm³/mol. The quantitative estimate of drug-likeness (QED) is 0.601. The zero-order valence-electron chi connectivity index (χ0n) is 11.7. The predicted octanol–water partition coefficient (Wildman–Crippen LogP) is 6.64. The van der Waals surface area contributed by atoms with Gasteiger partial charge in [-0.15, -0.1) is 0 Å². The molecular formula is C16H15Cl4N. The third-order valence-electron chi connectivity index (χ3n) is 3.45. The SMILES string of the molecule is CCC(NC)c1cccc(-c2c(Cl)c(Cl)cc(Cl)c2Cl)c1. The van der Waals surface area contributed by atoms with Gasteiger partial charge in [0.1, 0.15) is 0 Å². The zero-order chi connectivity index (χ0) is 15.6. The van der Waals surface area contributed by atoms with Gasteiger partial charge in [-0.25, -0.2) is 0 Å². The van der Waals surface area contributed by atoms with Crippen LogP contribution in [-0.2, 0) is 0 Å². The van der Waals surface area contributed by atoms with Crippen LogP contribution in [0.4, 0.5) is 0 Å². The Morgan fingerprint density at radius 1 is 1.00 bits per heavy atom. The number of halogens is 4. The first-order valence-electron chi connectivity index (χ1n) is 6.60. The molecule has 5 heteroatoms.